The third-order valence-electron chi connectivity index (χ3n) is 3.82. The lowest BCUT2D eigenvalue weighted by atomic mass is 10.0. The number of hydrogen-bond acceptors (Lipinski definition) is 3. The second-order valence-corrected chi connectivity index (χ2v) is 5.41. The number of carbonyl (C=O) groups is 1. The molecule has 0 aliphatic carbocycles. The number of fused-ring (bicyclic) bond motifs is 1. The van der Waals surface area contributed by atoms with E-state index in [9.17, 15) is 4.79 Å². The lowest BCUT2D eigenvalue weighted by molar-refractivity contribution is 0.0932. The van der Waals surface area contributed by atoms with Crippen LogP contribution in [0.15, 0.2) is 61.1 Å². The van der Waals surface area contributed by atoms with Crippen molar-refractivity contribution in [3.8, 4) is 0 Å². The van der Waals surface area contributed by atoms with Crippen molar-refractivity contribution in [1.82, 2.24) is 14.7 Å². The Kier molecular flexibility index (Phi) is 4.68. The number of nitrogens with one attached hydrogen (secondary N) is 1. The molecule has 3 aromatic rings. The number of aliphatic hydroxyl groups is 1. The molecule has 0 aliphatic heterocycles. The van der Waals surface area contributed by atoms with E-state index in [1.54, 1.807) is 18.3 Å². The van der Waals surface area contributed by atoms with E-state index < -0.39 is 0 Å². The second-order valence-electron chi connectivity index (χ2n) is 5.41. The van der Waals surface area contributed by atoms with Gasteiger partial charge in [-0.05, 0) is 30.5 Å². The van der Waals surface area contributed by atoms with Crippen molar-refractivity contribution in [2.24, 2.45) is 0 Å². The van der Waals surface area contributed by atoms with Gasteiger partial charge in [0, 0.05) is 30.8 Å². The molecule has 0 radical (unpaired) electrons. The van der Waals surface area contributed by atoms with E-state index in [-0.39, 0.29) is 18.6 Å². The second kappa shape index (κ2) is 7.07. The molecular weight excluding hydrogens is 290 g/mol. The van der Waals surface area contributed by atoms with Crippen LogP contribution in [0.1, 0.15) is 34.8 Å². The molecule has 23 heavy (non-hydrogen) atoms. The summed E-state index contributed by atoms with van der Waals surface area (Å²) in [6, 6.07) is 13.2. The number of rotatable bonds is 6. The average molecular weight is 309 g/mol. The molecule has 5 nitrogen and oxygen atoms in total. The van der Waals surface area contributed by atoms with Gasteiger partial charge < -0.3 is 14.8 Å². The van der Waals surface area contributed by atoms with Crippen molar-refractivity contribution < 1.29 is 9.90 Å². The Morgan fingerprint density at radius 3 is 2.83 bits per heavy atom. The van der Waals surface area contributed by atoms with Crippen LogP contribution in [0.25, 0.3) is 5.65 Å². The van der Waals surface area contributed by atoms with Gasteiger partial charge in [-0.15, -0.1) is 0 Å². The summed E-state index contributed by atoms with van der Waals surface area (Å²) in [5.74, 6) is -0.137. The summed E-state index contributed by atoms with van der Waals surface area (Å²) in [7, 11) is 0. The van der Waals surface area contributed by atoms with E-state index in [0.717, 1.165) is 11.2 Å². The highest BCUT2D eigenvalue weighted by atomic mass is 16.3. The van der Waals surface area contributed by atoms with Gasteiger partial charge in [0.15, 0.2) is 0 Å². The molecular formula is C18H19N3O2. The molecule has 1 aromatic carbocycles. The molecule has 0 fully saturated rings. The lowest BCUT2D eigenvalue weighted by Gasteiger charge is -2.19. The zero-order valence-corrected chi connectivity index (χ0v) is 12.7. The topological polar surface area (TPSA) is 66.6 Å². The summed E-state index contributed by atoms with van der Waals surface area (Å²) in [6.45, 7) is 0.110. The van der Waals surface area contributed by atoms with Crippen molar-refractivity contribution in [3.05, 3.63) is 72.2 Å². The largest absolute Gasteiger partial charge is 0.396 e. The molecule has 2 heterocycles. The quantitative estimate of drug-likeness (QED) is 0.735. The SMILES string of the molecule is O=C(N[C@@H](CCCO)c1ccccc1)c1ccn2ccnc2c1. The number of nitrogens with zero attached hydrogens (tertiary/aromatic N) is 2. The van der Waals surface area contributed by atoms with Crippen molar-refractivity contribution >= 4 is 11.6 Å². The number of amides is 1. The van der Waals surface area contributed by atoms with Crippen LogP contribution < -0.4 is 5.32 Å². The molecule has 0 bridgehead atoms. The van der Waals surface area contributed by atoms with Gasteiger partial charge in [-0.25, -0.2) is 4.98 Å². The number of benzene rings is 1. The Balaban J connectivity index is 1.79. The van der Waals surface area contributed by atoms with Crippen LogP contribution in [0.2, 0.25) is 0 Å². The predicted octanol–water partition coefficient (Wildman–Crippen LogP) is 2.58. The molecule has 2 aromatic heterocycles. The van der Waals surface area contributed by atoms with Gasteiger partial charge in [0.1, 0.15) is 5.65 Å². The fourth-order valence-electron chi connectivity index (χ4n) is 2.60. The molecule has 0 saturated carbocycles. The Labute approximate surface area is 134 Å². The number of aliphatic hydroxyl groups excluding tert-OH is 1. The minimum Gasteiger partial charge on any atom is -0.396 e. The van der Waals surface area contributed by atoms with Crippen molar-refractivity contribution in [2.45, 2.75) is 18.9 Å². The summed E-state index contributed by atoms with van der Waals surface area (Å²) in [5.41, 5.74) is 2.36. The standard InChI is InChI=1S/C18H19N3O2/c22-12-4-7-16(14-5-2-1-3-6-14)20-18(23)15-8-10-21-11-9-19-17(21)13-15/h1-3,5-6,8-11,13,16,22H,4,7,12H2,(H,20,23)/t16-/m0/s1. The van der Waals surface area contributed by atoms with E-state index in [1.807, 2.05) is 47.1 Å². The first-order valence-electron chi connectivity index (χ1n) is 7.67. The zero-order chi connectivity index (χ0) is 16.1. The average Bonchev–Trinajstić information content (AvgIpc) is 3.06. The van der Waals surface area contributed by atoms with Crippen molar-refractivity contribution in [3.63, 3.8) is 0 Å². The number of imidazole rings is 1. The van der Waals surface area contributed by atoms with Gasteiger partial charge in [0.2, 0.25) is 0 Å². The third kappa shape index (κ3) is 3.57. The molecule has 3 rings (SSSR count). The Morgan fingerprint density at radius 2 is 2.04 bits per heavy atom. The summed E-state index contributed by atoms with van der Waals surface area (Å²) in [4.78, 5) is 16.7. The van der Waals surface area contributed by atoms with Crippen LogP contribution in [-0.2, 0) is 0 Å². The molecule has 2 N–H and O–H groups in total. The first-order valence-corrected chi connectivity index (χ1v) is 7.67. The van der Waals surface area contributed by atoms with E-state index in [2.05, 4.69) is 10.3 Å². The summed E-state index contributed by atoms with van der Waals surface area (Å²) in [5, 5.41) is 12.1. The molecule has 118 valence electrons. The molecule has 0 unspecified atom stereocenters. The predicted molar refractivity (Wildman–Crippen MR) is 88.2 cm³/mol. The Morgan fingerprint density at radius 1 is 1.22 bits per heavy atom. The van der Waals surface area contributed by atoms with Gasteiger partial charge in [-0.2, -0.15) is 0 Å². The normalized spacial score (nSPS) is 12.2. The van der Waals surface area contributed by atoms with E-state index in [0.29, 0.717) is 18.4 Å². The highest BCUT2D eigenvalue weighted by molar-refractivity contribution is 5.95. The Hall–Kier alpha value is -2.66. The summed E-state index contributed by atoms with van der Waals surface area (Å²) >= 11 is 0. The highest BCUT2D eigenvalue weighted by Crippen LogP contribution is 2.19. The molecule has 1 amide bonds. The maximum atomic E-state index is 12.5. The van der Waals surface area contributed by atoms with Crippen LogP contribution in [0.3, 0.4) is 0 Å². The highest BCUT2D eigenvalue weighted by Gasteiger charge is 2.15. The maximum Gasteiger partial charge on any atom is 0.251 e. The number of pyridine rings is 1. The smallest absolute Gasteiger partial charge is 0.251 e. The first kappa shape index (κ1) is 15.2. The van der Waals surface area contributed by atoms with Gasteiger partial charge in [-0.3, -0.25) is 4.79 Å². The summed E-state index contributed by atoms with van der Waals surface area (Å²) in [6.07, 6.45) is 6.69. The number of aromatic nitrogens is 2. The third-order valence-corrected chi connectivity index (χ3v) is 3.82. The molecule has 1 atom stereocenters. The lowest BCUT2D eigenvalue weighted by Crippen LogP contribution is -2.28. The number of hydrogen-bond donors (Lipinski definition) is 2. The molecule has 0 spiro atoms. The van der Waals surface area contributed by atoms with Crippen molar-refractivity contribution in [2.75, 3.05) is 6.61 Å². The van der Waals surface area contributed by atoms with E-state index in [4.69, 9.17) is 5.11 Å². The minimum atomic E-state index is -0.137. The van der Waals surface area contributed by atoms with Crippen molar-refractivity contribution in [1.29, 1.82) is 0 Å². The molecule has 0 aliphatic rings. The van der Waals surface area contributed by atoms with Gasteiger partial charge in [0.05, 0.1) is 6.04 Å². The van der Waals surface area contributed by atoms with Crippen LogP contribution in [0.5, 0.6) is 0 Å². The minimum absolute atomic E-state index is 0.110. The van der Waals surface area contributed by atoms with Crippen LogP contribution in [-0.4, -0.2) is 27.0 Å². The van der Waals surface area contributed by atoms with Crippen LogP contribution in [0, 0.1) is 0 Å². The molecule has 0 saturated heterocycles. The Bertz CT molecular complexity index is 783. The van der Waals surface area contributed by atoms with E-state index in [1.165, 1.54) is 0 Å². The first-order chi connectivity index (χ1) is 11.3. The fraction of sp³-hybridized carbons (Fsp3) is 0.222. The van der Waals surface area contributed by atoms with Gasteiger partial charge in [-0.1, -0.05) is 30.3 Å². The fourth-order valence-corrected chi connectivity index (χ4v) is 2.60. The van der Waals surface area contributed by atoms with Gasteiger partial charge in [0.25, 0.3) is 5.91 Å². The zero-order valence-electron chi connectivity index (χ0n) is 12.7. The summed E-state index contributed by atoms with van der Waals surface area (Å²) < 4.78 is 1.86. The molecule has 5 heteroatoms. The maximum absolute atomic E-state index is 12.5. The van der Waals surface area contributed by atoms with Crippen LogP contribution in [0.4, 0.5) is 0 Å². The number of carbonyl (C=O) groups excluding carboxylic acids is 1. The van der Waals surface area contributed by atoms with Crippen LogP contribution >= 0.6 is 0 Å². The van der Waals surface area contributed by atoms with Gasteiger partial charge >= 0.3 is 0 Å². The monoisotopic (exact) mass is 309 g/mol. The van der Waals surface area contributed by atoms with E-state index >= 15 is 0 Å².